The number of nitrogens with zero attached hydrogens (tertiary/aromatic N) is 1. The minimum Gasteiger partial charge on any atom is -0.493 e. The Morgan fingerprint density at radius 1 is 1.22 bits per heavy atom. The van der Waals surface area contributed by atoms with Crippen molar-refractivity contribution in [2.45, 2.75) is 6.61 Å². The van der Waals surface area contributed by atoms with Gasteiger partial charge in [0.25, 0.3) is 5.69 Å². The Bertz CT molecular complexity index is 871. The van der Waals surface area contributed by atoms with Crippen LogP contribution in [0.25, 0.3) is 0 Å². The smallest absolute Gasteiger partial charge is 0.412 e. The SMILES string of the molecule is COC(=O)c1cc([N+](=O)[O-])c(NC(=O)OCc2ccccc2)c(F)c1OC. The van der Waals surface area contributed by atoms with Gasteiger partial charge in [0.2, 0.25) is 0 Å². The van der Waals surface area contributed by atoms with E-state index in [-0.39, 0.29) is 6.61 Å². The van der Waals surface area contributed by atoms with E-state index in [2.05, 4.69) is 4.74 Å². The summed E-state index contributed by atoms with van der Waals surface area (Å²) in [6, 6.07) is 9.39. The number of rotatable bonds is 6. The van der Waals surface area contributed by atoms with Crippen LogP contribution in [0.3, 0.4) is 0 Å². The van der Waals surface area contributed by atoms with Crippen molar-refractivity contribution in [1.29, 1.82) is 0 Å². The molecular formula is C17H15FN2O7. The number of hydrogen-bond donors (Lipinski definition) is 1. The van der Waals surface area contributed by atoms with Crippen molar-refractivity contribution in [2.75, 3.05) is 19.5 Å². The summed E-state index contributed by atoms with van der Waals surface area (Å²) in [4.78, 5) is 33.9. The molecule has 2 aromatic carbocycles. The molecule has 0 aromatic heterocycles. The topological polar surface area (TPSA) is 117 Å². The molecule has 2 aromatic rings. The summed E-state index contributed by atoms with van der Waals surface area (Å²) in [5, 5.41) is 13.2. The lowest BCUT2D eigenvalue weighted by molar-refractivity contribution is -0.384. The summed E-state index contributed by atoms with van der Waals surface area (Å²) in [6.07, 6.45) is -1.12. The minimum absolute atomic E-state index is 0.126. The zero-order valence-corrected chi connectivity index (χ0v) is 14.4. The van der Waals surface area contributed by atoms with Gasteiger partial charge in [-0.2, -0.15) is 0 Å². The zero-order valence-electron chi connectivity index (χ0n) is 14.4. The van der Waals surface area contributed by atoms with E-state index in [4.69, 9.17) is 9.47 Å². The van der Waals surface area contributed by atoms with Crippen LogP contribution in [-0.4, -0.2) is 31.2 Å². The van der Waals surface area contributed by atoms with Gasteiger partial charge < -0.3 is 14.2 Å². The van der Waals surface area contributed by atoms with Crippen LogP contribution in [0, 0.1) is 15.9 Å². The van der Waals surface area contributed by atoms with Crippen LogP contribution >= 0.6 is 0 Å². The second kappa shape index (κ2) is 8.61. The number of nitro groups is 1. The molecule has 1 N–H and O–H groups in total. The maximum Gasteiger partial charge on any atom is 0.412 e. The van der Waals surface area contributed by atoms with Gasteiger partial charge in [-0.25, -0.2) is 14.0 Å². The van der Waals surface area contributed by atoms with Crippen molar-refractivity contribution < 1.29 is 33.1 Å². The highest BCUT2D eigenvalue weighted by atomic mass is 19.1. The quantitative estimate of drug-likeness (QED) is 0.466. The fourth-order valence-electron chi connectivity index (χ4n) is 2.20. The number of anilines is 1. The van der Waals surface area contributed by atoms with E-state index in [1.54, 1.807) is 30.3 Å². The van der Waals surface area contributed by atoms with Crippen LogP contribution in [0.4, 0.5) is 20.6 Å². The van der Waals surface area contributed by atoms with Gasteiger partial charge in [-0.3, -0.25) is 15.4 Å². The molecule has 10 heteroatoms. The number of esters is 1. The summed E-state index contributed by atoms with van der Waals surface area (Å²) >= 11 is 0. The number of carbonyl (C=O) groups is 2. The monoisotopic (exact) mass is 378 g/mol. The summed E-state index contributed by atoms with van der Waals surface area (Å²) < 4.78 is 28.8. The predicted octanol–water partition coefficient (Wildman–Crippen LogP) is 3.28. The predicted molar refractivity (Wildman–Crippen MR) is 91.2 cm³/mol. The van der Waals surface area contributed by atoms with Crippen molar-refractivity contribution >= 4 is 23.4 Å². The lowest BCUT2D eigenvalue weighted by Crippen LogP contribution is -2.17. The minimum atomic E-state index is -1.30. The maximum atomic E-state index is 14.7. The van der Waals surface area contributed by atoms with E-state index in [0.29, 0.717) is 5.56 Å². The zero-order chi connectivity index (χ0) is 20.0. The second-order valence-electron chi connectivity index (χ2n) is 5.10. The number of halogens is 1. The van der Waals surface area contributed by atoms with Crippen molar-refractivity contribution in [2.24, 2.45) is 0 Å². The van der Waals surface area contributed by atoms with E-state index in [0.717, 1.165) is 20.3 Å². The van der Waals surface area contributed by atoms with Crippen LogP contribution in [0.15, 0.2) is 36.4 Å². The van der Waals surface area contributed by atoms with Crippen molar-refractivity contribution in [3.63, 3.8) is 0 Å². The molecule has 0 radical (unpaired) electrons. The molecule has 9 nitrogen and oxygen atoms in total. The Labute approximate surface area is 152 Å². The highest BCUT2D eigenvalue weighted by molar-refractivity contribution is 5.97. The Kier molecular flexibility index (Phi) is 6.26. The number of amides is 1. The second-order valence-corrected chi connectivity index (χ2v) is 5.10. The van der Waals surface area contributed by atoms with Crippen LogP contribution in [0.2, 0.25) is 0 Å². The first-order valence-electron chi connectivity index (χ1n) is 7.50. The molecule has 0 saturated carbocycles. The third-order valence-corrected chi connectivity index (χ3v) is 3.45. The lowest BCUT2D eigenvalue weighted by Gasteiger charge is -2.13. The molecule has 0 bridgehead atoms. The highest BCUT2D eigenvalue weighted by Crippen LogP contribution is 2.37. The van der Waals surface area contributed by atoms with Gasteiger partial charge in [-0.15, -0.1) is 0 Å². The van der Waals surface area contributed by atoms with Gasteiger partial charge in [-0.05, 0) is 5.56 Å². The molecule has 0 spiro atoms. The van der Waals surface area contributed by atoms with Gasteiger partial charge in [0.05, 0.1) is 19.1 Å². The summed E-state index contributed by atoms with van der Waals surface area (Å²) in [7, 11) is 2.09. The molecular weight excluding hydrogens is 363 g/mol. The Morgan fingerprint density at radius 2 is 1.89 bits per heavy atom. The normalized spacial score (nSPS) is 10.0. The van der Waals surface area contributed by atoms with Crippen LogP contribution in [0.5, 0.6) is 5.75 Å². The fraction of sp³-hybridized carbons (Fsp3) is 0.176. The first-order chi connectivity index (χ1) is 12.9. The highest BCUT2D eigenvalue weighted by Gasteiger charge is 2.30. The van der Waals surface area contributed by atoms with Crippen LogP contribution < -0.4 is 10.1 Å². The summed E-state index contributed by atoms with van der Waals surface area (Å²) in [6.45, 7) is -0.126. The molecule has 0 fully saturated rings. The third kappa shape index (κ3) is 4.48. The van der Waals surface area contributed by atoms with Gasteiger partial charge in [0.15, 0.2) is 17.3 Å². The van der Waals surface area contributed by atoms with Crippen LogP contribution in [0.1, 0.15) is 15.9 Å². The fourth-order valence-corrected chi connectivity index (χ4v) is 2.20. The van der Waals surface area contributed by atoms with E-state index in [1.807, 2.05) is 5.32 Å². The molecule has 0 heterocycles. The lowest BCUT2D eigenvalue weighted by atomic mass is 10.1. The van der Waals surface area contributed by atoms with Crippen LogP contribution in [-0.2, 0) is 16.1 Å². The molecule has 0 unspecified atom stereocenters. The third-order valence-electron chi connectivity index (χ3n) is 3.45. The Morgan fingerprint density at radius 3 is 2.44 bits per heavy atom. The maximum absolute atomic E-state index is 14.7. The average molecular weight is 378 g/mol. The standard InChI is InChI=1S/C17H15FN2O7/c1-25-15-11(16(21)26-2)8-12(20(23)24)14(13(15)18)19-17(22)27-9-10-6-4-3-5-7-10/h3-8H,9H2,1-2H3,(H,19,22). The number of hydrogen-bond acceptors (Lipinski definition) is 7. The van der Waals surface area contributed by atoms with E-state index >= 15 is 0 Å². The van der Waals surface area contributed by atoms with Gasteiger partial charge in [0, 0.05) is 6.07 Å². The molecule has 27 heavy (non-hydrogen) atoms. The Balaban J connectivity index is 2.33. The largest absolute Gasteiger partial charge is 0.493 e. The molecule has 0 atom stereocenters. The number of nitrogens with one attached hydrogen (secondary N) is 1. The number of methoxy groups -OCH3 is 2. The van der Waals surface area contributed by atoms with E-state index < -0.39 is 45.5 Å². The van der Waals surface area contributed by atoms with Gasteiger partial charge in [0.1, 0.15) is 12.2 Å². The van der Waals surface area contributed by atoms with Crippen molar-refractivity contribution in [3.8, 4) is 5.75 Å². The average Bonchev–Trinajstić information content (AvgIpc) is 2.67. The van der Waals surface area contributed by atoms with Crippen molar-refractivity contribution in [3.05, 3.63) is 63.5 Å². The molecule has 0 saturated heterocycles. The molecule has 1 amide bonds. The molecule has 142 valence electrons. The molecule has 0 aliphatic rings. The number of nitro benzene ring substituents is 1. The molecule has 0 aliphatic carbocycles. The van der Waals surface area contributed by atoms with E-state index in [1.165, 1.54) is 0 Å². The van der Waals surface area contributed by atoms with E-state index in [9.17, 15) is 24.1 Å². The summed E-state index contributed by atoms with van der Waals surface area (Å²) in [5.74, 6) is -2.94. The van der Waals surface area contributed by atoms with Gasteiger partial charge in [-0.1, -0.05) is 30.3 Å². The summed E-state index contributed by atoms with van der Waals surface area (Å²) in [5.41, 5.74) is -1.47. The van der Waals surface area contributed by atoms with Crippen molar-refractivity contribution in [1.82, 2.24) is 0 Å². The number of benzene rings is 2. The molecule has 2 rings (SSSR count). The van der Waals surface area contributed by atoms with Gasteiger partial charge >= 0.3 is 12.1 Å². The number of ether oxygens (including phenoxy) is 3. The molecule has 0 aliphatic heterocycles. The first kappa shape index (κ1) is 19.6. The number of carbonyl (C=O) groups excluding carboxylic acids is 2. The Hall–Kier alpha value is -3.69. The first-order valence-corrected chi connectivity index (χ1v) is 7.50.